The fourth-order valence-corrected chi connectivity index (χ4v) is 3.32. The molecule has 4 nitrogen and oxygen atoms in total. The highest BCUT2D eigenvalue weighted by molar-refractivity contribution is 7.89. The van der Waals surface area contributed by atoms with Gasteiger partial charge in [0.25, 0.3) is 0 Å². The van der Waals surface area contributed by atoms with Gasteiger partial charge in [0.15, 0.2) is 0 Å². The van der Waals surface area contributed by atoms with Crippen LogP contribution in [0, 0.1) is 6.92 Å². The van der Waals surface area contributed by atoms with Gasteiger partial charge in [-0.05, 0) is 40.7 Å². The van der Waals surface area contributed by atoms with Crippen LogP contribution in [0.4, 0.5) is 0 Å². The minimum absolute atomic E-state index is 0.134. The molecule has 18 heavy (non-hydrogen) atoms. The standard InChI is InChI=1S/C13H21NO3S/c1-9(2)14-18(16,17)12-7-6-10(3)8-11(12)13(4,5)15/h6-9,14-15H,1-5H3. The molecule has 0 saturated heterocycles. The van der Waals surface area contributed by atoms with E-state index in [-0.39, 0.29) is 10.9 Å². The van der Waals surface area contributed by atoms with E-state index in [1.54, 1.807) is 39.8 Å². The van der Waals surface area contributed by atoms with Gasteiger partial charge in [0.2, 0.25) is 10.0 Å². The van der Waals surface area contributed by atoms with E-state index >= 15 is 0 Å². The van der Waals surface area contributed by atoms with Gasteiger partial charge in [-0.15, -0.1) is 0 Å². The van der Waals surface area contributed by atoms with E-state index in [1.165, 1.54) is 6.07 Å². The zero-order valence-electron chi connectivity index (χ0n) is 11.5. The molecule has 0 radical (unpaired) electrons. The molecule has 2 N–H and O–H groups in total. The van der Waals surface area contributed by atoms with Crippen molar-refractivity contribution in [1.82, 2.24) is 4.72 Å². The van der Waals surface area contributed by atoms with E-state index in [0.717, 1.165) is 5.56 Å². The maximum Gasteiger partial charge on any atom is 0.241 e. The third-order valence-electron chi connectivity index (χ3n) is 2.47. The largest absolute Gasteiger partial charge is 0.386 e. The van der Waals surface area contributed by atoms with E-state index in [9.17, 15) is 13.5 Å². The first kappa shape index (κ1) is 15.1. The van der Waals surface area contributed by atoms with Crippen LogP contribution in [0.1, 0.15) is 38.8 Å². The number of rotatable bonds is 4. The Labute approximate surface area is 109 Å². The van der Waals surface area contributed by atoms with Crippen LogP contribution in [0.25, 0.3) is 0 Å². The summed E-state index contributed by atoms with van der Waals surface area (Å²) >= 11 is 0. The number of benzene rings is 1. The van der Waals surface area contributed by atoms with Gasteiger partial charge < -0.3 is 5.11 Å². The molecule has 1 aromatic rings. The van der Waals surface area contributed by atoms with Crippen LogP contribution in [0.15, 0.2) is 23.1 Å². The summed E-state index contributed by atoms with van der Waals surface area (Å²) in [6.45, 7) is 8.54. The van der Waals surface area contributed by atoms with Crippen molar-refractivity contribution in [3.8, 4) is 0 Å². The monoisotopic (exact) mass is 271 g/mol. The molecular weight excluding hydrogens is 250 g/mol. The zero-order valence-corrected chi connectivity index (χ0v) is 12.3. The van der Waals surface area contributed by atoms with Gasteiger partial charge in [0, 0.05) is 11.6 Å². The fourth-order valence-electron chi connectivity index (χ4n) is 1.73. The third-order valence-corrected chi connectivity index (χ3v) is 4.19. The lowest BCUT2D eigenvalue weighted by molar-refractivity contribution is 0.0754. The molecule has 0 fully saturated rings. The topological polar surface area (TPSA) is 66.4 Å². The molecule has 0 amide bonds. The maximum absolute atomic E-state index is 12.2. The molecule has 0 aliphatic rings. The van der Waals surface area contributed by atoms with E-state index in [1.807, 2.05) is 6.92 Å². The van der Waals surface area contributed by atoms with Gasteiger partial charge in [-0.2, -0.15) is 0 Å². The molecule has 0 spiro atoms. The van der Waals surface area contributed by atoms with Crippen LogP contribution in [0.2, 0.25) is 0 Å². The number of hydrogen-bond donors (Lipinski definition) is 2. The predicted molar refractivity (Wildman–Crippen MR) is 71.9 cm³/mol. The van der Waals surface area contributed by atoms with Crippen LogP contribution < -0.4 is 4.72 Å². The van der Waals surface area contributed by atoms with Gasteiger partial charge in [0.1, 0.15) is 0 Å². The average molecular weight is 271 g/mol. The van der Waals surface area contributed by atoms with E-state index in [0.29, 0.717) is 5.56 Å². The van der Waals surface area contributed by atoms with Crippen molar-refractivity contribution < 1.29 is 13.5 Å². The molecule has 0 atom stereocenters. The molecular formula is C13H21NO3S. The van der Waals surface area contributed by atoms with Crippen molar-refractivity contribution in [1.29, 1.82) is 0 Å². The molecule has 0 aliphatic carbocycles. The molecule has 0 saturated carbocycles. The predicted octanol–water partition coefficient (Wildman–Crippen LogP) is 1.91. The highest BCUT2D eigenvalue weighted by Gasteiger charge is 2.27. The van der Waals surface area contributed by atoms with Crippen LogP contribution in [-0.4, -0.2) is 19.6 Å². The summed E-state index contributed by atoms with van der Waals surface area (Å²) in [4.78, 5) is 0.134. The van der Waals surface area contributed by atoms with Gasteiger partial charge in [-0.25, -0.2) is 13.1 Å². The highest BCUT2D eigenvalue weighted by Crippen LogP contribution is 2.28. The summed E-state index contributed by atoms with van der Waals surface area (Å²) in [6, 6.07) is 4.78. The SMILES string of the molecule is Cc1ccc(S(=O)(=O)NC(C)C)c(C(C)(C)O)c1. The Kier molecular flexibility index (Phi) is 4.20. The first-order valence-electron chi connectivity index (χ1n) is 5.90. The van der Waals surface area contributed by atoms with Crippen molar-refractivity contribution in [2.24, 2.45) is 0 Å². The summed E-state index contributed by atoms with van der Waals surface area (Å²) in [5, 5.41) is 10.1. The van der Waals surface area contributed by atoms with Crippen LogP contribution in [-0.2, 0) is 15.6 Å². The normalized spacial score (nSPS) is 13.1. The fraction of sp³-hybridized carbons (Fsp3) is 0.538. The van der Waals surface area contributed by atoms with E-state index in [2.05, 4.69) is 4.72 Å². The summed E-state index contributed by atoms with van der Waals surface area (Å²) in [6.07, 6.45) is 0. The van der Waals surface area contributed by atoms with Crippen LogP contribution in [0.5, 0.6) is 0 Å². The van der Waals surface area contributed by atoms with E-state index < -0.39 is 15.6 Å². The van der Waals surface area contributed by atoms with Gasteiger partial charge in [-0.1, -0.05) is 17.7 Å². The van der Waals surface area contributed by atoms with Crippen molar-refractivity contribution in [2.75, 3.05) is 0 Å². The summed E-state index contributed by atoms with van der Waals surface area (Å²) < 4.78 is 26.9. The minimum atomic E-state index is -3.60. The number of hydrogen-bond acceptors (Lipinski definition) is 3. The molecule has 1 rings (SSSR count). The Balaban J connectivity index is 3.42. The third kappa shape index (κ3) is 3.54. The lowest BCUT2D eigenvalue weighted by atomic mass is 9.97. The Hall–Kier alpha value is -0.910. The quantitative estimate of drug-likeness (QED) is 0.879. The Morgan fingerprint density at radius 3 is 2.28 bits per heavy atom. The summed E-state index contributed by atoms with van der Waals surface area (Å²) in [7, 11) is -3.60. The molecule has 0 aromatic heterocycles. The van der Waals surface area contributed by atoms with Gasteiger partial charge in [-0.3, -0.25) is 0 Å². The summed E-state index contributed by atoms with van der Waals surface area (Å²) in [5.41, 5.74) is 0.124. The Morgan fingerprint density at radius 1 is 1.28 bits per heavy atom. The second-order valence-corrected chi connectivity index (χ2v) is 7.02. The average Bonchev–Trinajstić information content (AvgIpc) is 2.13. The van der Waals surface area contributed by atoms with Crippen molar-refractivity contribution in [3.05, 3.63) is 29.3 Å². The molecule has 0 aliphatic heterocycles. The number of aliphatic hydroxyl groups is 1. The molecule has 0 unspecified atom stereocenters. The zero-order chi connectivity index (χ0) is 14.1. The molecule has 0 bridgehead atoms. The summed E-state index contributed by atoms with van der Waals surface area (Å²) in [5.74, 6) is 0. The van der Waals surface area contributed by atoms with Gasteiger partial charge >= 0.3 is 0 Å². The number of aryl methyl sites for hydroxylation is 1. The smallest absolute Gasteiger partial charge is 0.241 e. The lowest BCUT2D eigenvalue weighted by Gasteiger charge is -2.23. The lowest BCUT2D eigenvalue weighted by Crippen LogP contribution is -2.32. The minimum Gasteiger partial charge on any atom is -0.386 e. The van der Waals surface area contributed by atoms with Crippen molar-refractivity contribution in [2.45, 2.75) is 51.2 Å². The second-order valence-electron chi connectivity index (χ2n) is 5.33. The highest BCUT2D eigenvalue weighted by atomic mass is 32.2. The van der Waals surface area contributed by atoms with Crippen LogP contribution >= 0.6 is 0 Å². The van der Waals surface area contributed by atoms with Crippen LogP contribution in [0.3, 0.4) is 0 Å². The Morgan fingerprint density at radius 2 is 1.83 bits per heavy atom. The molecule has 102 valence electrons. The van der Waals surface area contributed by atoms with Crippen molar-refractivity contribution >= 4 is 10.0 Å². The van der Waals surface area contributed by atoms with Crippen molar-refractivity contribution in [3.63, 3.8) is 0 Å². The second kappa shape index (κ2) is 4.99. The molecule has 0 heterocycles. The number of nitrogens with one attached hydrogen (secondary N) is 1. The van der Waals surface area contributed by atoms with Gasteiger partial charge in [0.05, 0.1) is 10.5 Å². The first-order chi connectivity index (χ1) is 8.04. The maximum atomic E-state index is 12.2. The Bertz CT molecular complexity index is 528. The van der Waals surface area contributed by atoms with E-state index in [4.69, 9.17) is 0 Å². The molecule has 5 heteroatoms. The number of sulfonamides is 1. The first-order valence-corrected chi connectivity index (χ1v) is 7.38. The molecule has 1 aromatic carbocycles.